The van der Waals surface area contributed by atoms with Crippen LogP contribution < -0.4 is 0 Å². The van der Waals surface area contributed by atoms with Crippen molar-refractivity contribution in [2.24, 2.45) is 0 Å². The Morgan fingerprint density at radius 3 is 2.60 bits per heavy atom. The number of fused-ring (bicyclic) bond motifs is 1. The predicted octanol–water partition coefficient (Wildman–Crippen LogP) is 5.53. The SMILES string of the molecule is Cc1ccc(-c2cc(C(F)F)c3cnn(-c4ccccc4F)c3n2)s1. The molecule has 0 radical (unpaired) electrons. The Morgan fingerprint density at radius 2 is 1.92 bits per heavy atom. The molecule has 0 aliphatic rings. The number of hydrogen-bond acceptors (Lipinski definition) is 3. The lowest BCUT2D eigenvalue weighted by molar-refractivity contribution is 0.153. The van der Waals surface area contributed by atoms with Gasteiger partial charge in [-0.15, -0.1) is 11.3 Å². The van der Waals surface area contributed by atoms with Crippen molar-refractivity contribution < 1.29 is 13.2 Å². The minimum atomic E-state index is -2.68. The van der Waals surface area contributed by atoms with Crippen LogP contribution in [-0.4, -0.2) is 14.8 Å². The van der Waals surface area contributed by atoms with E-state index in [2.05, 4.69) is 10.1 Å². The average molecular weight is 359 g/mol. The van der Waals surface area contributed by atoms with Gasteiger partial charge in [-0.3, -0.25) is 0 Å². The predicted molar refractivity (Wildman–Crippen MR) is 91.8 cm³/mol. The number of hydrogen-bond donors (Lipinski definition) is 0. The van der Waals surface area contributed by atoms with E-state index in [0.29, 0.717) is 5.69 Å². The number of alkyl halides is 2. The van der Waals surface area contributed by atoms with Crippen LogP contribution in [0, 0.1) is 12.7 Å². The highest BCUT2D eigenvalue weighted by molar-refractivity contribution is 7.15. The highest BCUT2D eigenvalue weighted by atomic mass is 32.1. The molecule has 7 heteroatoms. The summed E-state index contributed by atoms with van der Waals surface area (Å²) in [5, 5.41) is 4.31. The summed E-state index contributed by atoms with van der Waals surface area (Å²) in [5.41, 5.74) is 0.654. The van der Waals surface area contributed by atoms with Crippen LogP contribution in [0.3, 0.4) is 0 Å². The van der Waals surface area contributed by atoms with Crippen LogP contribution in [0.2, 0.25) is 0 Å². The number of aryl methyl sites for hydroxylation is 1. The Hall–Kier alpha value is -2.67. The Kier molecular flexibility index (Phi) is 3.80. The van der Waals surface area contributed by atoms with E-state index in [9.17, 15) is 13.2 Å². The summed E-state index contributed by atoms with van der Waals surface area (Å²) in [6.07, 6.45) is -1.37. The molecule has 0 saturated heterocycles. The number of nitrogens with zero attached hydrogens (tertiary/aromatic N) is 3. The number of rotatable bonds is 3. The lowest BCUT2D eigenvalue weighted by atomic mass is 10.1. The van der Waals surface area contributed by atoms with E-state index >= 15 is 0 Å². The van der Waals surface area contributed by atoms with Crippen molar-refractivity contribution in [3.05, 3.63) is 64.9 Å². The van der Waals surface area contributed by atoms with Crippen LogP contribution >= 0.6 is 11.3 Å². The van der Waals surface area contributed by atoms with E-state index in [1.165, 1.54) is 40.4 Å². The molecule has 0 amide bonds. The average Bonchev–Trinajstić information content (AvgIpc) is 3.20. The number of pyridine rings is 1. The third-order valence-electron chi connectivity index (χ3n) is 3.88. The second-order valence-electron chi connectivity index (χ2n) is 5.55. The topological polar surface area (TPSA) is 30.7 Å². The van der Waals surface area contributed by atoms with E-state index < -0.39 is 12.2 Å². The molecule has 0 aliphatic heterocycles. The van der Waals surface area contributed by atoms with Crippen molar-refractivity contribution in [1.82, 2.24) is 14.8 Å². The zero-order valence-corrected chi connectivity index (χ0v) is 13.9. The van der Waals surface area contributed by atoms with Gasteiger partial charge in [-0.05, 0) is 37.3 Å². The molecule has 0 spiro atoms. The molecule has 0 bridgehead atoms. The molecule has 126 valence electrons. The third-order valence-corrected chi connectivity index (χ3v) is 4.91. The minimum Gasteiger partial charge on any atom is -0.227 e. The van der Waals surface area contributed by atoms with Crippen molar-refractivity contribution in [2.75, 3.05) is 0 Å². The first kappa shape index (κ1) is 15.8. The standard InChI is InChI=1S/C18H12F3N3S/c1-10-6-7-16(25-10)14-8-11(17(20)21)12-9-22-24(18(12)23-14)15-5-3-2-4-13(15)19/h2-9,17H,1H3. The van der Waals surface area contributed by atoms with Crippen molar-refractivity contribution in [2.45, 2.75) is 13.3 Å². The Balaban J connectivity index is 2.01. The third kappa shape index (κ3) is 2.70. The van der Waals surface area contributed by atoms with Crippen molar-refractivity contribution in [3.63, 3.8) is 0 Å². The first-order valence-electron chi connectivity index (χ1n) is 7.53. The number of thiophene rings is 1. The lowest BCUT2D eigenvalue weighted by Gasteiger charge is -2.08. The van der Waals surface area contributed by atoms with Crippen molar-refractivity contribution in [3.8, 4) is 16.3 Å². The zero-order valence-electron chi connectivity index (χ0n) is 13.1. The molecule has 0 fully saturated rings. The minimum absolute atomic E-state index is 0.159. The van der Waals surface area contributed by atoms with Crippen LogP contribution in [0.5, 0.6) is 0 Å². The van der Waals surface area contributed by atoms with E-state index in [1.807, 2.05) is 19.1 Å². The van der Waals surface area contributed by atoms with Crippen molar-refractivity contribution in [1.29, 1.82) is 0 Å². The molecule has 3 nitrogen and oxygen atoms in total. The van der Waals surface area contributed by atoms with E-state index in [1.54, 1.807) is 12.1 Å². The van der Waals surface area contributed by atoms with Gasteiger partial charge >= 0.3 is 0 Å². The summed E-state index contributed by atoms with van der Waals surface area (Å²) in [5.74, 6) is -0.495. The largest absolute Gasteiger partial charge is 0.264 e. The maximum Gasteiger partial charge on any atom is 0.264 e. The van der Waals surface area contributed by atoms with Gasteiger partial charge in [0.25, 0.3) is 6.43 Å². The molecule has 4 aromatic rings. The summed E-state index contributed by atoms with van der Waals surface area (Å²) in [7, 11) is 0. The first-order valence-corrected chi connectivity index (χ1v) is 8.35. The van der Waals surface area contributed by atoms with Gasteiger partial charge in [0.15, 0.2) is 5.65 Å². The second-order valence-corrected chi connectivity index (χ2v) is 6.84. The van der Waals surface area contributed by atoms with Crippen LogP contribution in [0.25, 0.3) is 27.3 Å². The number of para-hydroxylation sites is 1. The smallest absolute Gasteiger partial charge is 0.227 e. The van der Waals surface area contributed by atoms with Gasteiger partial charge in [-0.2, -0.15) is 5.10 Å². The molecule has 25 heavy (non-hydrogen) atoms. The van der Waals surface area contributed by atoms with Gasteiger partial charge in [-0.25, -0.2) is 22.8 Å². The fourth-order valence-corrected chi connectivity index (χ4v) is 3.53. The maximum absolute atomic E-state index is 14.1. The second kappa shape index (κ2) is 6.00. The maximum atomic E-state index is 14.1. The first-order chi connectivity index (χ1) is 12.0. The molecule has 0 unspecified atom stereocenters. The zero-order chi connectivity index (χ0) is 17.6. The van der Waals surface area contributed by atoms with Gasteiger partial charge in [0, 0.05) is 15.8 Å². The number of halogens is 3. The summed E-state index contributed by atoms with van der Waals surface area (Å²) < 4.78 is 42.5. The lowest BCUT2D eigenvalue weighted by Crippen LogP contribution is -2.01. The highest BCUT2D eigenvalue weighted by Crippen LogP contribution is 2.34. The van der Waals surface area contributed by atoms with Crippen LogP contribution in [0.15, 0.2) is 48.7 Å². The molecule has 0 atom stereocenters. The quantitative estimate of drug-likeness (QED) is 0.481. The van der Waals surface area contributed by atoms with Gasteiger partial charge < -0.3 is 0 Å². The van der Waals surface area contributed by atoms with Crippen LogP contribution in [0.1, 0.15) is 16.9 Å². The molecule has 3 heterocycles. The van der Waals surface area contributed by atoms with Crippen LogP contribution in [-0.2, 0) is 0 Å². The van der Waals surface area contributed by atoms with Crippen molar-refractivity contribution >= 4 is 22.4 Å². The molecule has 4 rings (SSSR count). The van der Waals surface area contributed by atoms with Gasteiger partial charge in [-0.1, -0.05) is 12.1 Å². The molecule has 3 aromatic heterocycles. The van der Waals surface area contributed by atoms with E-state index in [4.69, 9.17) is 0 Å². The molecule has 0 N–H and O–H groups in total. The molecular weight excluding hydrogens is 347 g/mol. The fourth-order valence-electron chi connectivity index (χ4n) is 2.70. The molecule has 1 aromatic carbocycles. The molecular formula is C18H12F3N3S. The Bertz CT molecular complexity index is 1070. The van der Waals surface area contributed by atoms with E-state index in [-0.39, 0.29) is 22.3 Å². The number of benzene rings is 1. The van der Waals surface area contributed by atoms with Crippen LogP contribution in [0.4, 0.5) is 13.2 Å². The normalized spacial score (nSPS) is 11.6. The summed E-state index contributed by atoms with van der Waals surface area (Å²) in [6, 6.07) is 11.2. The summed E-state index contributed by atoms with van der Waals surface area (Å²) in [6.45, 7) is 1.93. The molecule has 0 saturated carbocycles. The monoisotopic (exact) mass is 359 g/mol. The Labute approximate surface area is 145 Å². The fraction of sp³-hybridized carbons (Fsp3) is 0.111. The summed E-state index contributed by atoms with van der Waals surface area (Å²) in [4.78, 5) is 6.32. The Morgan fingerprint density at radius 1 is 1.12 bits per heavy atom. The van der Waals surface area contributed by atoms with Gasteiger partial charge in [0.2, 0.25) is 0 Å². The van der Waals surface area contributed by atoms with E-state index in [0.717, 1.165) is 9.75 Å². The highest BCUT2D eigenvalue weighted by Gasteiger charge is 2.20. The molecule has 0 aliphatic carbocycles. The summed E-state index contributed by atoms with van der Waals surface area (Å²) >= 11 is 1.47. The van der Waals surface area contributed by atoms with Gasteiger partial charge in [0.1, 0.15) is 11.5 Å². The number of aromatic nitrogens is 3. The van der Waals surface area contributed by atoms with Gasteiger partial charge in [0.05, 0.1) is 16.8 Å².